The molecule has 0 saturated carbocycles. The lowest BCUT2D eigenvalue weighted by Crippen LogP contribution is -2.23. The highest BCUT2D eigenvalue weighted by atomic mass is 16.2. The number of nitrogens with zero attached hydrogens (tertiary/aromatic N) is 6. The quantitative estimate of drug-likeness (QED) is 0.566. The maximum atomic E-state index is 13.0. The maximum Gasteiger partial charge on any atom is 0.274 e. The molecule has 2 N–H and O–H groups in total. The molecule has 0 spiro atoms. The SMILES string of the molecule is CCN(CC)c1nc2ccc(NC(=O)c3c(C(=O)C4CCNC4)cnn3C)cn2n1. The number of carbonyl (C=O) groups is 2. The summed E-state index contributed by atoms with van der Waals surface area (Å²) in [5, 5.41) is 14.7. The third-order valence-electron chi connectivity index (χ3n) is 5.47. The Bertz CT molecular complexity index is 1080. The second-order valence-electron chi connectivity index (χ2n) is 7.34. The zero-order chi connectivity index (χ0) is 21.3. The summed E-state index contributed by atoms with van der Waals surface area (Å²) in [6, 6.07) is 3.57. The zero-order valence-corrected chi connectivity index (χ0v) is 17.4. The molecule has 0 radical (unpaired) electrons. The topological polar surface area (TPSA) is 109 Å². The van der Waals surface area contributed by atoms with Crippen LogP contribution in [0.3, 0.4) is 0 Å². The lowest BCUT2D eigenvalue weighted by Gasteiger charge is -2.14. The fraction of sp³-hybridized carbons (Fsp3) is 0.450. The number of carbonyl (C=O) groups excluding carboxylic acids is 2. The van der Waals surface area contributed by atoms with Gasteiger partial charge in [-0.1, -0.05) is 0 Å². The summed E-state index contributed by atoms with van der Waals surface area (Å²) in [4.78, 5) is 32.4. The van der Waals surface area contributed by atoms with Gasteiger partial charge in [-0.2, -0.15) is 10.1 Å². The number of aromatic nitrogens is 5. The molecule has 10 heteroatoms. The highest BCUT2D eigenvalue weighted by Gasteiger charge is 2.29. The number of nitrogens with one attached hydrogen (secondary N) is 2. The summed E-state index contributed by atoms with van der Waals surface area (Å²) in [6.45, 7) is 7.16. The number of amides is 1. The first-order valence-corrected chi connectivity index (χ1v) is 10.2. The smallest absolute Gasteiger partial charge is 0.274 e. The van der Waals surface area contributed by atoms with Crippen molar-refractivity contribution in [1.82, 2.24) is 29.7 Å². The van der Waals surface area contributed by atoms with Gasteiger partial charge in [-0.05, 0) is 38.9 Å². The molecule has 0 aliphatic carbocycles. The highest BCUT2D eigenvalue weighted by molar-refractivity contribution is 6.12. The van der Waals surface area contributed by atoms with Crippen molar-refractivity contribution in [2.45, 2.75) is 20.3 Å². The molecule has 0 aromatic carbocycles. The normalized spacial score (nSPS) is 16.2. The van der Waals surface area contributed by atoms with Crippen LogP contribution in [0, 0.1) is 5.92 Å². The van der Waals surface area contributed by atoms with Gasteiger partial charge in [-0.15, -0.1) is 5.10 Å². The largest absolute Gasteiger partial charge is 0.340 e. The van der Waals surface area contributed by atoms with Crippen molar-refractivity contribution in [3.63, 3.8) is 0 Å². The molecular formula is C20H26N8O2. The summed E-state index contributed by atoms with van der Waals surface area (Å²) < 4.78 is 3.08. The molecular weight excluding hydrogens is 384 g/mol. The Labute approximate surface area is 174 Å². The van der Waals surface area contributed by atoms with E-state index in [0.29, 0.717) is 29.4 Å². The number of Topliss-reactive ketones (excluding diaryl/α,β-unsaturated/α-hetero) is 1. The average molecular weight is 410 g/mol. The van der Waals surface area contributed by atoms with Crippen LogP contribution in [0.1, 0.15) is 41.1 Å². The fourth-order valence-electron chi connectivity index (χ4n) is 3.76. The van der Waals surface area contributed by atoms with Gasteiger partial charge in [0.15, 0.2) is 11.4 Å². The minimum absolute atomic E-state index is 0.0474. The molecule has 1 unspecified atom stereocenters. The summed E-state index contributed by atoms with van der Waals surface area (Å²) in [5.74, 6) is 0.0977. The van der Waals surface area contributed by atoms with Crippen molar-refractivity contribution in [3.8, 4) is 0 Å². The van der Waals surface area contributed by atoms with Crippen molar-refractivity contribution in [3.05, 3.63) is 35.8 Å². The van der Waals surface area contributed by atoms with Gasteiger partial charge in [0.05, 0.1) is 23.6 Å². The molecule has 0 bridgehead atoms. The molecule has 1 fully saturated rings. The molecule has 10 nitrogen and oxygen atoms in total. The van der Waals surface area contributed by atoms with E-state index in [4.69, 9.17) is 0 Å². The zero-order valence-electron chi connectivity index (χ0n) is 17.4. The highest BCUT2D eigenvalue weighted by Crippen LogP contribution is 2.20. The summed E-state index contributed by atoms with van der Waals surface area (Å²) >= 11 is 0. The second kappa shape index (κ2) is 8.23. The van der Waals surface area contributed by atoms with Gasteiger partial charge in [0, 0.05) is 32.6 Å². The van der Waals surface area contributed by atoms with Crippen molar-refractivity contribution in [2.24, 2.45) is 13.0 Å². The van der Waals surface area contributed by atoms with E-state index >= 15 is 0 Å². The van der Waals surface area contributed by atoms with Gasteiger partial charge in [-0.25, -0.2) is 4.52 Å². The number of pyridine rings is 1. The first-order chi connectivity index (χ1) is 14.5. The van der Waals surface area contributed by atoms with Crippen LogP contribution in [0.15, 0.2) is 24.5 Å². The van der Waals surface area contributed by atoms with Gasteiger partial charge in [-0.3, -0.25) is 14.3 Å². The van der Waals surface area contributed by atoms with Crippen LogP contribution in [-0.4, -0.2) is 62.2 Å². The van der Waals surface area contributed by atoms with Crippen molar-refractivity contribution in [1.29, 1.82) is 0 Å². The van der Waals surface area contributed by atoms with Crippen molar-refractivity contribution in [2.75, 3.05) is 36.4 Å². The van der Waals surface area contributed by atoms with Gasteiger partial charge in [0.1, 0.15) is 5.69 Å². The van der Waals surface area contributed by atoms with E-state index in [9.17, 15) is 9.59 Å². The summed E-state index contributed by atoms with van der Waals surface area (Å²) in [7, 11) is 1.66. The van der Waals surface area contributed by atoms with Crippen LogP contribution in [-0.2, 0) is 7.05 Å². The summed E-state index contributed by atoms with van der Waals surface area (Å²) in [6.07, 6.45) is 3.96. The summed E-state index contributed by atoms with van der Waals surface area (Å²) in [5.41, 5.74) is 1.87. The first-order valence-electron chi connectivity index (χ1n) is 10.2. The molecule has 1 aliphatic heterocycles. The first kappa shape index (κ1) is 20.0. The number of hydrogen-bond acceptors (Lipinski definition) is 7. The van der Waals surface area contributed by atoms with Crippen molar-refractivity contribution >= 4 is 29.0 Å². The monoisotopic (exact) mass is 410 g/mol. The molecule has 4 heterocycles. The van der Waals surface area contributed by atoms with E-state index < -0.39 is 0 Å². The van der Waals surface area contributed by atoms with E-state index in [0.717, 1.165) is 26.1 Å². The predicted molar refractivity (Wildman–Crippen MR) is 113 cm³/mol. The van der Waals surface area contributed by atoms with Crippen LogP contribution in [0.25, 0.3) is 5.65 Å². The Balaban J connectivity index is 1.57. The number of fused-ring (bicyclic) bond motifs is 1. The number of aryl methyl sites for hydroxylation is 1. The lowest BCUT2D eigenvalue weighted by atomic mass is 9.97. The Kier molecular flexibility index (Phi) is 5.49. The second-order valence-corrected chi connectivity index (χ2v) is 7.34. The molecule has 30 heavy (non-hydrogen) atoms. The van der Waals surface area contributed by atoms with E-state index in [1.165, 1.54) is 10.9 Å². The van der Waals surface area contributed by atoms with Crippen molar-refractivity contribution < 1.29 is 9.59 Å². The van der Waals surface area contributed by atoms with Gasteiger partial charge < -0.3 is 15.5 Å². The third kappa shape index (κ3) is 3.65. The van der Waals surface area contributed by atoms with E-state index in [-0.39, 0.29) is 23.3 Å². The van der Waals surface area contributed by atoms with Gasteiger partial charge in [0.2, 0.25) is 5.95 Å². The minimum Gasteiger partial charge on any atom is -0.340 e. The lowest BCUT2D eigenvalue weighted by molar-refractivity contribution is 0.0918. The number of anilines is 2. The molecule has 1 saturated heterocycles. The third-order valence-corrected chi connectivity index (χ3v) is 5.47. The number of hydrogen-bond donors (Lipinski definition) is 2. The van der Waals surface area contributed by atoms with Gasteiger partial charge in [0.25, 0.3) is 5.91 Å². The fourth-order valence-corrected chi connectivity index (χ4v) is 3.76. The predicted octanol–water partition coefficient (Wildman–Crippen LogP) is 1.35. The Morgan fingerprint density at radius 3 is 2.80 bits per heavy atom. The molecule has 4 rings (SSSR count). The van der Waals surface area contributed by atoms with Crippen LogP contribution < -0.4 is 15.5 Å². The maximum absolute atomic E-state index is 13.0. The van der Waals surface area contributed by atoms with Crippen LogP contribution in [0.2, 0.25) is 0 Å². The molecule has 3 aromatic heterocycles. The number of ketones is 1. The van der Waals surface area contributed by atoms with Crippen LogP contribution in [0.5, 0.6) is 0 Å². The minimum atomic E-state index is -0.382. The van der Waals surface area contributed by atoms with E-state index in [1.807, 2.05) is 0 Å². The van der Waals surface area contributed by atoms with Crippen LogP contribution in [0.4, 0.5) is 11.6 Å². The standard InChI is InChI=1S/C20H26N8O2/c1-4-27(5-2)20-24-16-7-6-14(12-28(16)25-20)23-19(30)17-15(11-22-26(17)3)18(29)13-8-9-21-10-13/h6-7,11-13,21H,4-5,8-10H2,1-3H3,(H,23,30). The van der Waals surface area contributed by atoms with Crippen LogP contribution >= 0.6 is 0 Å². The molecule has 158 valence electrons. The Hall–Kier alpha value is -3.27. The molecule has 1 amide bonds. The Morgan fingerprint density at radius 1 is 1.30 bits per heavy atom. The average Bonchev–Trinajstić information content (AvgIpc) is 3.47. The molecule has 1 atom stereocenters. The number of rotatable bonds is 7. The Morgan fingerprint density at radius 2 is 2.10 bits per heavy atom. The molecule has 1 aliphatic rings. The van der Waals surface area contributed by atoms with Gasteiger partial charge >= 0.3 is 0 Å². The van der Waals surface area contributed by atoms with E-state index in [2.05, 4.69) is 44.6 Å². The molecule has 3 aromatic rings. The van der Waals surface area contributed by atoms with E-state index in [1.54, 1.807) is 29.9 Å².